The summed E-state index contributed by atoms with van der Waals surface area (Å²) < 4.78 is 47.1. The number of ether oxygens (including phenoxy) is 2. The van der Waals surface area contributed by atoms with E-state index in [4.69, 9.17) is 9.84 Å². The molecule has 0 bridgehead atoms. The topological polar surface area (TPSA) is 55.8 Å². The van der Waals surface area contributed by atoms with E-state index in [0.29, 0.717) is 22.4 Å². The number of carboxylic acids is 1. The molecule has 0 aliphatic rings. The summed E-state index contributed by atoms with van der Waals surface area (Å²) in [5, 5.41) is 9.07. The van der Waals surface area contributed by atoms with E-state index in [1.807, 2.05) is 54.6 Å². The van der Waals surface area contributed by atoms with E-state index in [9.17, 15) is 18.0 Å². The Bertz CT molecular complexity index is 1340. The molecule has 0 aliphatic carbocycles. The maximum absolute atomic E-state index is 12.4. The average Bonchev–Trinajstić information content (AvgIpc) is 2.87. The van der Waals surface area contributed by atoms with Crippen LogP contribution in [0.1, 0.15) is 11.1 Å². The second-order valence-electron chi connectivity index (χ2n) is 7.85. The Labute approximate surface area is 205 Å². The van der Waals surface area contributed by atoms with E-state index in [0.717, 1.165) is 22.8 Å². The summed E-state index contributed by atoms with van der Waals surface area (Å²) in [6.45, 7) is 0.270. The molecule has 0 aromatic heterocycles. The lowest BCUT2D eigenvalue weighted by Gasteiger charge is -2.13. The molecule has 0 spiro atoms. The smallest absolute Gasteiger partial charge is 0.488 e. The normalized spacial score (nSPS) is 11.4. The predicted molar refractivity (Wildman–Crippen MR) is 131 cm³/mol. The maximum Gasteiger partial charge on any atom is 0.573 e. The molecule has 0 saturated heterocycles. The molecule has 4 aromatic carbocycles. The van der Waals surface area contributed by atoms with Crippen molar-refractivity contribution >= 4 is 12.0 Å². The highest BCUT2D eigenvalue weighted by atomic mass is 19.4. The van der Waals surface area contributed by atoms with Crippen LogP contribution < -0.4 is 9.47 Å². The third kappa shape index (κ3) is 6.76. The van der Waals surface area contributed by atoms with Gasteiger partial charge in [0, 0.05) is 11.6 Å². The molecule has 4 rings (SSSR count). The Kier molecular flexibility index (Phi) is 7.39. The average molecular weight is 490 g/mol. The maximum atomic E-state index is 12.4. The number of carbonyl (C=O) groups is 1. The third-order valence-corrected chi connectivity index (χ3v) is 5.29. The Morgan fingerprint density at radius 1 is 0.778 bits per heavy atom. The van der Waals surface area contributed by atoms with Gasteiger partial charge in [0.1, 0.15) is 18.1 Å². The van der Waals surface area contributed by atoms with Crippen molar-refractivity contribution in [2.24, 2.45) is 0 Å². The Balaban J connectivity index is 1.52. The van der Waals surface area contributed by atoms with E-state index in [2.05, 4.69) is 4.74 Å². The van der Waals surface area contributed by atoms with Gasteiger partial charge in [0.25, 0.3) is 0 Å². The first-order valence-corrected chi connectivity index (χ1v) is 11.0. The van der Waals surface area contributed by atoms with Crippen molar-refractivity contribution < 1.29 is 32.5 Å². The summed E-state index contributed by atoms with van der Waals surface area (Å²) in [5.41, 5.74) is 4.97. The zero-order valence-corrected chi connectivity index (χ0v) is 18.9. The Morgan fingerprint density at radius 3 is 2.00 bits per heavy atom. The molecule has 0 aliphatic heterocycles. The zero-order valence-electron chi connectivity index (χ0n) is 18.9. The first kappa shape index (κ1) is 24.6. The number of alkyl halides is 3. The molecule has 7 heteroatoms. The van der Waals surface area contributed by atoms with Gasteiger partial charge in [-0.25, -0.2) is 4.79 Å². The number of halogens is 3. The first-order chi connectivity index (χ1) is 17.3. The van der Waals surface area contributed by atoms with Crippen LogP contribution in [0.5, 0.6) is 11.5 Å². The van der Waals surface area contributed by atoms with Gasteiger partial charge in [0.2, 0.25) is 0 Å². The van der Waals surface area contributed by atoms with Crippen molar-refractivity contribution in [3.05, 3.63) is 114 Å². The van der Waals surface area contributed by atoms with E-state index in [1.165, 1.54) is 30.3 Å². The van der Waals surface area contributed by atoms with E-state index in [1.54, 1.807) is 18.2 Å². The Hall–Kier alpha value is -4.52. The van der Waals surface area contributed by atoms with Gasteiger partial charge in [-0.3, -0.25) is 0 Å². The first-order valence-electron chi connectivity index (χ1n) is 11.0. The quantitative estimate of drug-likeness (QED) is 0.259. The molecule has 1 N–H and O–H groups in total. The minimum absolute atomic E-state index is 0.270. The van der Waals surface area contributed by atoms with Gasteiger partial charge in [-0.2, -0.15) is 0 Å². The van der Waals surface area contributed by atoms with Crippen LogP contribution in [0.25, 0.3) is 28.3 Å². The second-order valence-corrected chi connectivity index (χ2v) is 7.85. The largest absolute Gasteiger partial charge is 0.573 e. The van der Waals surface area contributed by atoms with Crippen molar-refractivity contribution in [2.45, 2.75) is 13.0 Å². The highest BCUT2D eigenvalue weighted by Crippen LogP contribution is 2.31. The molecular formula is C29H21F3O4. The van der Waals surface area contributed by atoms with Crippen LogP contribution in [0.3, 0.4) is 0 Å². The van der Waals surface area contributed by atoms with Gasteiger partial charge >= 0.3 is 12.3 Å². The Morgan fingerprint density at radius 2 is 1.36 bits per heavy atom. The summed E-state index contributed by atoms with van der Waals surface area (Å²) in [6.07, 6.45) is -2.35. The number of hydrogen-bond donors (Lipinski definition) is 1. The van der Waals surface area contributed by atoms with Gasteiger partial charge in [-0.1, -0.05) is 72.8 Å². The van der Waals surface area contributed by atoms with Crippen LogP contribution in [0.2, 0.25) is 0 Å². The van der Waals surface area contributed by atoms with Crippen molar-refractivity contribution in [3.63, 3.8) is 0 Å². The number of rotatable bonds is 8. The summed E-state index contributed by atoms with van der Waals surface area (Å²) in [5.74, 6) is -0.965. The van der Waals surface area contributed by atoms with Crippen molar-refractivity contribution in [1.29, 1.82) is 0 Å². The number of hydrogen-bond acceptors (Lipinski definition) is 3. The van der Waals surface area contributed by atoms with Crippen molar-refractivity contribution in [2.75, 3.05) is 0 Å². The molecule has 0 atom stereocenters. The molecule has 36 heavy (non-hydrogen) atoms. The summed E-state index contributed by atoms with van der Waals surface area (Å²) in [6, 6.07) is 28.5. The fraction of sp³-hybridized carbons (Fsp3) is 0.0690. The van der Waals surface area contributed by atoms with Gasteiger partial charge in [-0.15, -0.1) is 13.2 Å². The lowest BCUT2D eigenvalue weighted by molar-refractivity contribution is -0.274. The SMILES string of the molecule is O=C(O)C=Cc1cc(-c2ccc(OC(F)(F)F)cc2)ccc1OCc1ccc(-c2ccccc2)cc1. The van der Waals surface area contributed by atoms with Crippen LogP contribution in [0.15, 0.2) is 103 Å². The molecule has 0 fully saturated rings. The van der Waals surface area contributed by atoms with Crippen LogP contribution in [-0.4, -0.2) is 17.4 Å². The summed E-state index contributed by atoms with van der Waals surface area (Å²) in [7, 11) is 0. The zero-order chi connectivity index (χ0) is 25.5. The van der Waals surface area contributed by atoms with Crippen LogP contribution >= 0.6 is 0 Å². The summed E-state index contributed by atoms with van der Waals surface area (Å²) >= 11 is 0. The van der Waals surface area contributed by atoms with E-state index in [-0.39, 0.29) is 12.4 Å². The molecule has 4 aromatic rings. The van der Waals surface area contributed by atoms with Crippen LogP contribution in [0, 0.1) is 0 Å². The van der Waals surface area contributed by atoms with Crippen LogP contribution in [-0.2, 0) is 11.4 Å². The fourth-order valence-electron chi connectivity index (χ4n) is 3.58. The molecular weight excluding hydrogens is 469 g/mol. The fourth-order valence-corrected chi connectivity index (χ4v) is 3.58. The molecule has 4 nitrogen and oxygen atoms in total. The standard InChI is InChI=1S/C29H21F3O4/c30-29(31,32)36-26-14-10-23(11-15-26)24-12-16-27(25(18-24)13-17-28(33)34)35-19-20-6-8-22(9-7-20)21-4-2-1-3-5-21/h1-18H,19H2,(H,33,34). The third-order valence-electron chi connectivity index (χ3n) is 5.29. The van der Waals surface area contributed by atoms with Crippen LogP contribution in [0.4, 0.5) is 13.2 Å². The molecule has 0 saturated carbocycles. The minimum atomic E-state index is -4.77. The molecule has 0 amide bonds. The lowest BCUT2D eigenvalue weighted by Crippen LogP contribution is -2.16. The molecule has 0 heterocycles. The van der Waals surface area contributed by atoms with Crippen molar-refractivity contribution in [1.82, 2.24) is 0 Å². The lowest BCUT2D eigenvalue weighted by atomic mass is 10.0. The summed E-state index contributed by atoms with van der Waals surface area (Å²) in [4.78, 5) is 11.1. The molecule has 0 unspecified atom stereocenters. The van der Waals surface area contributed by atoms with Gasteiger partial charge in [-0.05, 0) is 58.2 Å². The predicted octanol–water partition coefficient (Wildman–Crippen LogP) is 7.60. The number of aliphatic carboxylic acids is 1. The highest BCUT2D eigenvalue weighted by molar-refractivity contribution is 5.86. The monoisotopic (exact) mass is 490 g/mol. The van der Waals surface area contributed by atoms with E-state index < -0.39 is 12.3 Å². The van der Waals surface area contributed by atoms with E-state index >= 15 is 0 Å². The molecule has 182 valence electrons. The molecule has 0 radical (unpaired) electrons. The van der Waals surface area contributed by atoms with Gasteiger partial charge in [0.05, 0.1) is 0 Å². The second kappa shape index (κ2) is 10.8. The van der Waals surface area contributed by atoms with Gasteiger partial charge in [0.15, 0.2) is 0 Å². The highest BCUT2D eigenvalue weighted by Gasteiger charge is 2.30. The minimum Gasteiger partial charge on any atom is -0.488 e. The van der Waals surface area contributed by atoms with Crippen molar-refractivity contribution in [3.8, 4) is 33.8 Å². The number of benzene rings is 4. The van der Waals surface area contributed by atoms with Gasteiger partial charge < -0.3 is 14.6 Å². The number of carboxylic acid groups (broad SMARTS) is 1.